The Kier molecular flexibility index (Phi) is 9.44. The van der Waals surface area contributed by atoms with Gasteiger partial charge in [0.25, 0.3) is 0 Å². The van der Waals surface area contributed by atoms with E-state index in [1.165, 1.54) is 0 Å². The lowest BCUT2D eigenvalue weighted by Gasteiger charge is -2.23. The first-order valence-electron chi connectivity index (χ1n) is 4.48. The van der Waals surface area contributed by atoms with E-state index in [9.17, 15) is 0 Å². The third kappa shape index (κ3) is 9.70. The van der Waals surface area contributed by atoms with Gasteiger partial charge < -0.3 is 5.32 Å². The zero-order valence-corrected chi connectivity index (χ0v) is 8.70. The summed E-state index contributed by atoms with van der Waals surface area (Å²) in [6.07, 6.45) is 3.04. The summed E-state index contributed by atoms with van der Waals surface area (Å²) < 4.78 is 0. The van der Waals surface area contributed by atoms with Crippen LogP contribution in [-0.2, 0) is 0 Å². The summed E-state index contributed by atoms with van der Waals surface area (Å²) >= 11 is 0. The highest BCUT2D eigenvalue weighted by atomic mass is 14.9. The normalized spacial score (nSPS) is 9.91. The van der Waals surface area contributed by atoms with Crippen LogP contribution in [0.5, 0.6) is 0 Å². The quantitative estimate of drug-likeness (QED) is 0.619. The van der Waals surface area contributed by atoms with Gasteiger partial charge in [0.05, 0.1) is 0 Å². The highest BCUT2D eigenvalue weighted by molar-refractivity contribution is 4.80. The van der Waals surface area contributed by atoms with Gasteiger partial charge in [0.1, 0.15) is 0 Å². The van der Waals surface area contributed by atoms with Crippen LogP contribution in [0.4, 0.5) is 0 Å². The maximum atomic E-state index is 3.64. The predicted molar refractivity (Wildman–Crippen MR) is 53.9 cm³/mol. The van der Waals surface area contributed by atoms with E-state index in [1.54, 1.807) is 0 Å². The number of nitrogens with one attached hydrogen (secondary N) is 1. The number of rotatable bonds is 4. The van der Waals surface area contributed by atoms with Crippen LogP contribution in [0.15, 0.2) is 12.7 Å². The van der Waals surface area contributed by atoms with Gasteiger partial charge in [-0.2, -0.15) is 0 Å². The molecular formula is C10H23N. The smallest absolute Gasteiger partial charge is 0.0137 e. The molecule has 0 aliphatic carbocycles. The Hall–Kier alpha value is -0.300. The minimum absolute atomic E-state index is 0.272. The van der Waals surface area contributed by atoms with E-state index >= 15 is 0 Å². The maximum Gasteiger partial charge on any atom is 0.0137 e. The van der Waals surface area contributed by atoms with Gasteiger partial charge in [-0.25, -0.2) is 0 Å². The van der Waals surface area contributed by atoms with E-state index in [4.69, 9.17) is 0 Å². The molecule has 0 aliphatic rings. The molecule has 0 unspecified atom stereocenters. The van der Waals surface area contributed by atoms with E-state index in [-0.39, 0.29) is 5.54 Å². The van der Waals surface area contributed by atoms with Crippen LogP contribution in [0.3, 0.4) is 0 Å². The average Bonchev–Trinajstić information content (AvgIpc) is 2.05. The second kappa shape index (κ2) is 7.80. The molecule has 0 radical (unpaired) electrons. The van der Waals surface area contributed by atoms with Crippen molar-refractivity contribution in [2.24, 2.45) is 0 Å². The molecule has 0 aliphatic heterocycles. The fraction of sp³-hybridized carbons (Fsp3) is 0.800. The molecule has 0 atom stereocenters. The van der Waals surface area contributed by atoms with Crippen LogP contribution in [0.1, 0.15) is 41.0 Å². The van der Waals surface area contributed by atoms with Crippen LogP contribution < -0.4 is 5.32 Å². The molecule has 0 heterocycles. The Balaban J connectivity index is 0. The number of hydrogen-bond acceptors (Lipinski definition) is 1. The van der Waals surface area contributed by atoms with E-state index in [1.807, 2.05) is 19.9 Å². The molecule has 0 rings (SSSR count). The van der Waals surface area contributed by atoms with Gasteiger partial charge in [0.15, 0.2) is 0 Å². The Bertz CT molecular complexity index is 84.9. The van der Waals surface area contributed by atoms with E-state index in [0.717, 1.165) is 13.0 Å². The Morgan fingerprint density at radius 1 is 1.36 bits per heavy atom. The highest BCUT2D eigenvalue weighted by Gasteiger charge is 2.11. The third-order valence-corrected chi connectivity index (χ3v) is 1.61. The van der Waals surface area contributed by atoms with E-state index in [0.29, 0.717) is 0 Å². The Morgan fingerprint density at radius 2 is 1.82 bits per heavy atom. The molecule has 1 nitrogen and oxygen atoms in total. The number of hydrogen-bond donors (Lipinski definition) is 1. The van der Waals surface area contributed by atoms with Crippen LogP contribution in [0.25, 0.3) is 0 Å². The lowest BCUT2D eigenvalue weighted by molar-refractivity contribution is 0.395. The van der Waals surface area contributed by atoms with Crippen molar-refractivity contribution in [1.82, 2.24) is 5.32 Å². The summed E-state index contributed by atoms with van der Waals surface area (Å²) in [4.78, 5) is 0. The minimum atomic E-state index is 0.272. The molecule has 1 N–H and O–H groups in total. The van der Waals surface area contributed by atoms with Gasteiger partial charge in [-0.1, -0.05) is 26.8 Å². The zero-order valence-electron chi connectivity index (χ0n) is 8.70. The lowest BCUT2D eigenvalue weighted by Crippen LogP contribution is -2.38. The summed E-state index contributed by atoms with van der Waals surface area (Å²) in [6.45, 7) is 15.1. The van der Waals surface area contributed by atoms with Crippen molar-refractivity contribution in [3.8, 4) is 0 Å². The van der Waals surface area contributed by atoms with Gasteiger partial charge in [0, 0.05) is 12.1 Å². The van der Waals surface area contributed by atoms with Crippen molar-refractivity contribution in [2.75, 3.05) is 6.54 Å². The lowest BCUT2D eigenvalue weighted by atomic mass is 10.0. The Morgan fingerprint density at radius 3 is 2.09 bits per heavy atom. The summed E-state index contributed by atoms with van der Waals surface area (Å²) in [7, 11) is 0. The van der Waals surface area contributed by atoms with Gasteiger partial charge in [-0.3, -0.25) is 0 Å². The van der Waals surface area contributed by atoms with E-state index < -0.39 is 0 Å². The zero-order chi connectivity index (χ0) is 9.33. The molecule has 0 aromatic heterocycles. The van der Waals surface area contributed by atoms with Gasteiger partial charge in [-0.15, -0.1) is 6.58 Å². The summed E-state index contributed by atoms with van der Waals surface area (Å²) in [5.41, 5.74) is 0.272. The van der Waals surface area contributed by atoms with Gasteiger partial charge in [0.2, 0.25) is 0 Å². The summed E-state index contributed by atoms with van der Waals surface area (Å²) in [5, 5.41) is 3.34. The molecule has 0 fully saturated rings. The van der Waals surface area contributed by atoms with Crippen molar-refractivity contribution >= 4 is 0 Å². The molecule has 68 valence electrons. The topological polar surface area (TPSA) is 12.0 Å². The predicted octanol–water partition coefficient (Wildman–Crippen LogP) is 2.98. The fourth-order valence-electron chi connectivity index (χ4n) is 0.473. The molecule has 0 aromatic rings. The van der Waals surface area contributed by atoms with Crippen LogP contribution in [-0.4, -0.2) is 12.1 Å². The second-order valence-electron chi connectivity index (χ2n) is 2.91. The maximum absolute atomic E-state index is 3.64. The van der Waals surface area contributed by atoms with Crippen molar-refractivity contribution in [3.05, 3.63) is 12.7 Å². The van der Waals surface area contributed by atoms with Crippen LogP contribution >= 0.6 is 0 Å². The van der Waals surface area contributed by atoms with Gasteiger partial charge >= 0.3 is 0 Å². The first-order chi connectivity index (χ1) is 5.12. The highest BCUT2D eigenvalue weighted by Crippen LogP contribution is 2.05. The monoisotopic (exact) mass is 157 g/mol. The first kappa shape index (κ1) is 13.3. The summed E-state index contributed by atoms with van der Waals surface area (Å²) in [6, 6.07) is 0. The molecule has 0 saturated heterocycles. The third-order valence-electron chi connectivity index (χ3n) is 1.61. The molecule has 0 aromatic carbocycles. The van der Waals surface area contributed by atoms with Crippen molar-refractivity contribution in [2.45, 2.75) is 46.6 Å². The largest absolute Gasteiger partial charge is 0.308 e. The fourth-order valence-corrected chi connectivity index (χ4v) is 0.473. The molecule has 0 spiro atoms. The van der Waals surface area contributed by atoms with Crippen LogP contribution in [0.2, 0.25) is 0 Å². The second-order valence-corrected chi connectivity index (χ2v) is 2.91. The molecule has 0 bridgehead atoms. The van der Waals surface area contributed by atoms with Crippen molar-refractivity contribution in [1.29, 1.82) is 0 Å². The molecule has 0 amide bonds. The molecule has 1 heteroatoms. The van der Waals surface area contributed by atoms with Crippen molar-refractivity contribution in [3.63, 3.8) is 0 Å². The molecular weight excluding hydrogens is 134 g/mol. The molecule has 0 saturated carbocycles. The standard InChI is InChI=1S/C8H17N.C2H6/c1-5-7-9-8(3,4)6-2;1-2/h5,9H,1,6-7H2,2-4H3;1-2H3. The van der Waals surface area contributed by atoms with Gasteiger partial charge in [-0.05, 0) is 20.3 Å². The molecule has 11 heavy (non-hydrogen) atoms. The summed E-state index contributed by atoms with van der Waals surface area (Å²) in [5.74, 6) is 0. The van der Waals surface area contributed by atoms with Crippen LogP contribution in [0, 0.1) is 0 Å². The Labute approximate surface area is 71.9 Å². The average molecular weight is 157 g/mol. The minimum Gasteiger partial charge on any atom is -0.308 e. The first-order valence-corrected chi connectivity index (χ1v) is 4.48. The van der Waals surface area contributed by atoms with E-state index in [2.05, 4.69) is 32.7 Å². The van der Waals surface area contributed by atoms with Crippen molar-refractivity contribution < 1.29 is 0 Å². The SMILES string of the molecule is C=CCNC(C)(C)CC.CC.